The summed E-state index contributed by atoms with van der Waals surface area (Å²) in [6, 6.07) is 14.0. The average Bonchev–Trinajstić information content (AvgIpc) is 2.72. The molecule has 2 aromatic carbocycles. The van der Waals surface area contributed by atoms with Crippen LogP contribution in [0.25, 0.3) is 22.0 Å². The van der Waals surface area contributed by atoms with Gasteiger partial charge in [0, 0.05) is 29.4 Å². The van der Waals surface area contributed by atoms with Crippen LogP contribution in [0.4, 0.5) is 4.39 Å². The summed E-state index contributed by atoms with van der Waals surface area (Å²) in [5, 5.41) is 11.3. The van der Waals surface area contributed by atoms with Crippen LogP contribution in [0.2, 0.25) is 0 Å². The summed E-state index contributed by atoms with van der Waals surface area (Å²) in [5.41, 5.74) is 1.51. The first-order valence-corrected chi connectivity index (χ1v) is 10.6. The van der Waals surface area contributed by atoms with Crippen molar-refractivity contribution in [2.24, 2.45) is 0 Å². The number of hydrogen-bond acceptors (Lipinski definition) is 5. The van der Waals surface area contributed by atoms with Gasteiger partial charge in [-0.25, -0.2) is 4.39 Å². The molecule has 5 nitrogen and oxygen atoms in total. The Morgan fingerprint density at radius 3 is 2.41 bits per heavy atom. The number of carbonyl (C=O) groups excluding carboxylic acids is 1. The number of carbonyl (C=O) groups is 1. The number of hydrogen-bond donors (Lipinski definition) is 0. The molecule has 0 spiro atoms. The SMILES string of the molecule is C[C@@H]1CN(C(=O)CSc2nnc(-c3ccc(F)cc3)c3ccccc23)C[C@@H](C)O1. The number of benzene rings is 2. The number of nitrogens with zero attached hydrogens (tertiary/aromatic N) is 3. The van der Waals surface area contributed by atoms with Gasteiger partial charge in [-0.1, -0.05) is 36.0 Å². The summed E-state index contributed by atoms with van der Waals surface area (Å²) < 4.78 is 19.0. The zero-order valence-corrected chi connectivity index (χ0v) is 17.2. The van der Waals surface area contributed by atoms with E-state index in [1.807, 2.05) is 43.0 Å². The van der Waals surface area contributed by atoms with Gasteiger partial charge in [-0.2, -0.15) is 0 Å². The van der Waals surface area contributed by atoms with E-state index in [1.165, 1.54) is 23.9 Å². The summed E-state index contributed by atoms with van der Waals surface area (Å²) in [5.74, 6) is 0.0857. The molecule has 7 heteroatoms. The second-order valence-corrected chi connectivity index (χ2v) is 8.21. The Hall–Kier alpha value is -2.51. The molecule has 0 bridgehead atoms. The van der Waals surface area contributed by atoms with Crippen LogP contribution in [0.3, 0.4) is 0 Å². The van der Waals surface area contributed by atoms with Crippen molar-refractivity contribution in [3.63, 3.8) is 0 Å². The number of thioether (sulfide) groups is 1. The third-order valence-electron chi connectivity index (χ3n) is 4.88. The van der Waals surface area contributed by atoms with E-state index in [2.05, 4.69) is 10.2 Å². The molecule has 1 aromatic heterocycles. The molecule has 0 saturated carbocycles. The van der Waals surface area contributed by atoms with Crippen molar-refractivity contribution in [1.29, 1.82) is 0 Å². The van der Waals surface area contributed by atoms with Crippen LogP contribution in [0.1, 0.15) is 13.8 Å². The van der Waals surface area contributed by atoms with Crippen molar-refractivity contribution < 1.29 is 13.9 Å². The number of ether oxygens (including phenoxy) is 1. The quantitative estimate of drug-likeness (QED) is 0.604. The lowest BCUT2D eigenvalue weighted by molar-refractivity contribution is -0.140. The molecule has 29 heavy (non-hydrogen) atoms. The Morgan fingerprint density at radius 2 is 1.72 bits per heavy atom. The Balaban J connectivity index is 1.56. The summed E-state index contributed by atoms with van der Waals surface area (Å²) >= 11 is 1.39. The van der Waals surface area contributed by atoms with Crippen LogP contribution in [0.5, 0.6) is 0 Å². The van der Waals surface area contributed by atoms with Crippen LogP contribution < -0.4 is 0 Å². The molecule has 1 aliphatic heterocycles. The van der Waals surface area contributed by atoms with Gasteiger partial charge in [0.15, 0.2) is 0 Å². The van der Waals surface area contributed by atoms with Gasteiger partial charge in [-0.15, -0.1) is 10.2 Å². The van der Waals surface area contributed by atoms with Gasteiger partial charge in [0.2, 0.25) is 5.91 Å². The number of fused-ring (bicyclic) bond motifs is 1. The second kappa shape index (κ2) is 8.47. The molecule has 0 radical (unpaired) electrons. The van der Waals surface area contributed by atoms with Crippen molar-refractivity contribution in [1.82, 2.24) is 15.1 Å². The Kier molecular flexibility index (Phi) is 5.78. The number of halogens is 1. The average molecular weight is 412 g/mol. The monoisotopic (exact) mass is 411 g/mol. The van der Waals surface area contributed by atoms with E-state index in [1.54, 1.807) is 12.1 Å². The zero-order valence-electron chi connectivity index (χ0n) is 16.3. The number of amides is 1. The highest BCUT2D eigenvalue weighted by Crippen LogP contribution is 2.32. The lowest BCUT2D eigenvalue weighted by Crippen LogP contribution is -2.48. The van der Waals surface area contributed by atoms with Gasteiger partial charge in [0.25, 0.3) is 0 Å². The Morgan fingerprint density at radius 1 is 1.07 bits per heavy atom. The maximum absolute atomic E-state index is 13.3. The van der Waals surface area contributed by atoms with E-state index in [0.29, 0.717) is 29.6 Å². The highest BCUT2D eigenvalue weighted by atomic mass is 32.2. The van der Waals surface area contributed by atoms with Crippen molar-refractivity contribution in [2.45, 2.75) is 31.1 Å². The molecule has 1 aliphatic rings. The molecular formula is C22H22FN3O2S. The van der Waals surface area contributed by atoms with Gasteiger partial charge in [0.05, 0.1) is 18.0 Å². The van der Waals surface area contributed by atoms with E-state index in [9.17, 15) is 9.18 Å². The van der Waals surface area contributed by atoms with Crippen LogP contribution in [0, 0.1) is 5.82 Å². The van der Waals surface area contributed by atoms with Gasteiger partial charge >= 0.3 is 0 Å². The van der Waals surface area contributed by atoms with Gasteiger partial charge in [-0.3, -0.25) is 4.79 Å². The minimum atomic E-state index is -0.288. The van der Waals surface area contributed by atoms with Crippen molar-refractivity contribution in [2.75, 3.05) is 18.8 Å². The van der Waals surface area contributed by atoms with Crippen LogP contribution >= 0.6 is 11.8 Å². The molecule has 2 heterocycles. The predicted octanol–water partition coefficient (Wildman–Crippen LogP) is 4.16. The molecule has 1 saturated heterocycles. The van der Waals surface area contributed by atoms with E-state index >= 15 is 0 Å². The van der Waals surface area contributed by atoms with Crippen LogP contribution in [-0.4, -0.2) is 52.1 Å². The highest BCUT2D eigenvalue weighted by molar-refractivity contribution is 8.00. The second-order valence-electron chi connectivity index (χ2n) is 7.25. The fourth-order valence-electron chi connectivity index (χ4n) is 3.61. The smallest absolute Gasteiger partial charge is 0.233 e. The fraction of sp³-hybridized carbons (Fsp3) is 0.318. The van der Waals surface area contributed by atoms with Crippen molar-refractivity contribution in [3.8, 4) is 11.3 Å². The van der Waals surface area contributed by atoms with Crippen molar-refractivity contribution >= 4 is 28.4 Å². The van der Waals surface area contributed by atoms with E-state index in [0.717, 1.165) is 16.3 Å². The van der Waals surface area contributed by atoms with Crippen LogP contribution in [-0.2, 0) is 9.53 Å². The summed E-state index contributed by atoms with van der Waals surface area (Å²) in [4.78, 5) is 14.5. The maximum Gasteiger partial charge on any atom is 0.233 e. The number of morpholine rings is 1. The summed E-state index contributed by atoms with van der Waals surface area (Å²) in [6.07, 6.45) is 0.0895. The first kappa shape index (κ1) is 19.8. The van der Waals surface area contributed by atoms with E-state index < -0.39 is 0 Å². The van der Waals surface area contributed by atoms with Crippen LogP contribution in [0.15, 0.2) is 53.6 Å². The molecule has 0 unspecified atom stereocenters. The molecule has 150 valence electrons. The minimum absolute atomic E-state index is 0.0447. The third kappa shape index (κ3) is 4.41. The number of rotatable bonds is 4. The highest BCUT2D eigenvalue weighted by Gasteiger charge is 2.26. The number of aromatic nitrogens is 2. The van der Waals surface area contributed by atoms with Gasteiger partial charge < -0.3 is 9.64 Å². The summed E-state index contributed by atoms with van der Waals surface area (Å²) in [7, 11) is 0. The zero-order chi connectivity index (χ0) is 20.4. The Bertz CT molecular complexity index is 1020. The molecule has 1 fully saturated rings. The molecule has 4 rings (SSSR count). The van der Waals surface area contributed by atoms with E-state index in [4.69, 9.17) is 4.74 Å². The van der Waals surface area contributed by atoms with E-state index in [-0.39, 0.29) is 23.9 Å². The minimum Gasteiger partial charge on any atom is -0.372 e. The lowest BCUT2D eigenvalue weighted by Gasteiger charge is -2.35. The fourth-order valence-corrected chi connectivity index (χ4v) is 4.48. The molecular weight excluding hydrogens is 389 g/mol. The third-order valence-corrected chi connectivity index (χ3v) is 5.84. The van der Waals surface area contributed by atoms with Crippen molar-refractivity contribution in [3.05, 3.63) is 54.3 Å². The maximum atomic E-state index is 13.3. The molecule has 0 N–H and O–H groups in total. The Labute approximate surface area is 173 Å². The first-order chi connectivity index (χ1) is 14.0. The molecule has 0 aliphatic carbocycles. The van der Waals surface area contributed by atoms with Gasteiger partial charge in [-0.05, 0) is 38.1 Å². The summed E-state index contributed by atoms with van der Waals surface area (Å²) in [6.45, 7) is 5.19. The predicted molar refractivity (Wildman–Crippen MR) is 112 cm³/mol. The lowest BCUT2D eigenvalue weighted by atomic mass is 10.1. The van der Waals surface area contributed by atoms with Gasteiger partial charge in [0.1, 0.15) is 16.5 Å². The first-order valence-electron chi connectivity index (χ1n) is 9.58. The molecule has 2 atom stereocenters. The largest absolute Gasteiger partial charge is 0.372 e. The molecule has 1 amide bonds. The topological polar surface area (TPSA) is 55.3 Å². The molecule has 3 aromatic rings. The standard InChI is InChI=1S/C22H22FN3O2S/c1-14-11-26(12-15(2)28-14)20(27)13-29-22-19-6-4-3-5-18(19)21(24-25-22)16-7-9-17(23)10-8-16/h3-10,14-15H,11-13H2,1-2H3/t14-,15-/m1/s1. The normalized spacial score (nSPS) is 19.5.